The van der Waals surface area contributed by atoms with Crippen LogP contribution in [0.15, 0.2) is 48.5 Å². The molecule has 0 saturated heterocycles. The highest BCUT2D eigenvalue weighted by molar-refractivity contribution is 6.00. The van der Waals surface area contributed by atoms with Gasteiger partial charge in [0.15, 0.2) is 0 Å². The second-order valence-electron chi connectivity index (χ2n) is 6.24. The molecule has 3 aromatic rings. The van der Waals surface area contributed by atoms with E-state index in [1.54, 1.807) is 0 Å². The summed E-state index contributed by atoms with van der Waals surface area (Å²) >= 11 is 0. The molecule has 0 fully saturated rings. The Morgan fingerprint density at radius 3 is 2.69 bits per heavy atom. The number of benzene rings is 2. The van der Waals surface area contributed by atoms with Gasteiger partial charge in [0.25, 0.3) is 0 Å². The van der Waals surface area contributed by atoms with Crippen LogP contribution in [0.5, 0.6) is 0 Å². The molecule has 132 valence electrons. The Kier molecular flexibility index (Phi) is 4.14. The van der Waals surface area contributed by atoms with Crippen LogP contribution >= 0.6 is 0 Å². The fourth-order valence-corrected chi connectivity index (χ4v) is 3.37. The summed E-state index contributed by atoms with van der Waals surface area (Å²) in [4.78, 5) is 16.1. The standard InChI is InChI=1S/C19H20N6O/c1-21-11-10-17(26)24-12-13-6-2-3-7-14(13)18-19(25(20)23-22-18)15-8-4-5-9-16(15)24/h2-9,21H,10-12,20H2,1H3. The number of para-hydroxylation sites is 1. The minimum absolute atomic E-state index is 0.0566. The first-order valence-corrected chi connectivity index (χ1v) is 8.54. The molecule has 1 aliphatic rings. The number of amides is 1. The van der Waals surface area contributed by atoms with Crippen molar-refractivity contribution in [2.75, 3.05) is 24.3 Å². The van der Waals surface area contributed by atoms with Gasteiger partial charge in [0, 0.05) is 24.1 Å². The van der Waals surface area contributed by atoms with Gasteiger partial charge in [-0.1, -0.05) is 42.5 Å². The van der Waals surface area contributed by atoms with Crippen molar-refractivity contribution in [1.82, 2.24) is 20.4 Å². The number of nitrogens with one attached hydrogen (secondary N) is 1. The Balaban J connectivity index is 1.96. The first kappa shape index (κ1) is 16.3. The van der Waals surface area contributed by atoms with E-state index in [1.165, 1.54) is 4.79 Å². The number of nitrogen functional groups attached to an aromatic ring is 1. The number of hydrogen-bond acceptors (Lipinski definition) is 5. The first-order valence-electron chi connectivity index (χ1n) is 8.54. The van der Waals surface area contributed by atoms with Crippen molar-refractivity contribution in [3.63, 3.8) is 0 Å². The predicted octanol–water partition coefficient (Wildman–Crippen LogP) is 1.78. The van der Waals surface area contributed by atoms with E-state index in [-0.39, 0.29) is 5.91 Å². The van der Waals surface area contributed by atoms with Gasteiger partial charge in [0.1, 0.15) is 11.4 Å². The van der Waals surface area contributed by atoms with Crippen molar-refractivity contribution in [3.05, 3.63) is 54.1 Å². The number of nitrogens with zero attached hydrogens (tertiary/aromatic N) is 4. The highest BCUT2D eigenvalue weighted by Crippen LogP contribution is 2.40. The van der Waals surface area contributed by atoms with Crippen LogP contribution in [0.4, 0.5) is 5.69 Å². The van der Waals surface area contributed by atoms with Crippen LogP contribution in [0.2, 0.25) is 0 Å². The Labute approximate surface area is 151 Å². The van der Waals surface area contributed by atoms with Gasteiger partial charge < -0.3 is 16.1 Å². The Bertz CT molecular complexity index is 964. The van der Waals surface area contributed by atoms with Crippen LogP contribution < -0.4 is 16.1 Å². The fourth-order valence-electron chi connectivity index (χ4n) is 3.37. The molecule has 2 heterocycles. The van der Waals surface area contributed by atoms with Crippen molar-refractivity contribution in [1.29, 1.82) is 0 Å². The van der Waals surface area contributed by atoms with Gasteiger partial charge >= 0.3 is 0 Å². The average molecular weight is 348 g/mol. The molecule has 2 aromatic carbocycles. The minimum atomic E-state index is 0.0566. The molecule has 0 unspecified atom stereocenters. The number of nitrogens with two attached hydrogens (primary N) is 1. The summed E-state index contributed by atoms with van der Waals surface area (Å²) in [7, 11) is 1.84. The third-order valence-corrected chi connectivity index (χ3v) is 4.64. The van der Waals surface area contributed by atoms with E-state index in [1.807, 2.05) is 60.5 Å². The maximum atomic E-state index is 12.9. The second-order valence-corrected chi connectivity index (χ2v) is 6.24. The molecule has 0 saturated carbocycles. The van der Waals surface area contributed by atoms with Gasteiger partial charge in [0.2, 0.25) is 5.91 Å². The molecule has 0 atom stereocenters. The summed E-state index contributed by atoms with van der Waals surface area (Å²) in [6, 6.07) is 15.7. The van der Waals surface area contributed by atoms with Crippen LogP contribution in [0.25, 0.3) is 22.5 Å². The molecule has 26 heavy (non-hydrogen) atoms. The van der Waals surface area contributed by atoms with E-state index in [0.717, 1.165) is 28.1 Å². The van der Waals surface area contributed by atoms with Gasteiger partial charge in [-0.25, -0.2) is 0 Å². The maximum absolute atomic E-state index is 12.9. The largest absolute Gasteiger partial charge is 0.321 e. The topological polar surface area (TPSA) is 89.1 Å². The van der Waals surface area contributed by atoms with E-state index in [4.69, 9.17) is 5.84 Å². The number of rotatable bonds is 3. The fraction of sp³-hybridized carbons (Fsp3) is 0.211. The SMILES string of the molecule is CNCCC(=O)N1Cc2ccccc2-c2nnn(N)c2-c2ccccc21. The summed E-state index contributed by atoms with van der Waals surface area (Å²) < 4.78 is 0. The molecule has 1 aliphatic heterocycles. The maximum Gasteiger partial charge on any atom is 0.228 e. The van der Waals surface area contributed by atoms with Gasteiger partial charge in [-0.15, -0.1) is 5.10 Å². The normalized spacial score (nSPS) is 12.6. The smallest absolute Gasteiger partial charge is 0.228 e. The number of aromatic nitrogens is 3. The Morgan fingerprint density at radius 2 is 1.88 bits per heavy atom. The molecule has 1 amide bonds. The Morgan fingerprint density at radius 1 is 1.15 bits per heavy atom. The number of fused-ring (bicyclic) bond motifs is 5. The molecule has 7 nitrogen and oxygen atoms in total. The summed E-state index contributed by atoms with van der Waals surface area (Å²) in [5.41, 5.74) is 5.07. The quantitative estimate of drug-likeness (QED) is 0.705. The van der Waals surface area contributed by atoms with Crippen LogP contribution in [0, 0.1) is 0 Å². The molecule has 1 aromatic heterocycles. The van der Waals surface area contributed by atoms with Crippen LogP contribution in [-0.4, -0.2) is 34.6 Å². The third-order valence-electron chi connectivity index (χ3n) is 4.64. The van der Waals surface area contributed by atoms with Crippen molar-refractivity contribution in [2.45, 2.75) is 13.0 Å². The number of carbonyl (C=O) groups is 1. The molecule has 4 rings (SSSR count). The molecule has 7 heteroatoms. The number of carbonyl (C=O) groups excluding carboxylic acids is 1. The van der Waals surface area contributed by atoms with Gasteiger partial charge in [-0.3, -0.25) is 4.79 Å². The predicted molar refractivity (Wildman–Crippen MR) is 101 cm³/mol. The molecule has 0 bridgehead atoms. The van der Waals surface area contributed by atoms with Gasteiger partial charge in [-0.05, 0) is 23.9 Å². The number of anilines is 1. The average Bonchev–Trinajstić information content (AvgIpc) is 3.04. The molecular weight excluding hydrogens is 328 g/mol. The summed E-state index contributed by atoms with van der Waals surface area (Å²) in [6.45, 7) is 1.10. The van der Waals surface area contributed by atoms with E-state index < -0.39 is 0 Å². The lowest BCUT2D eigenvalue weighted by atomic mass is 9.95. The minimum Gasteiger partial charge on any atom is -0.321 e. The monoisotopic (exact) mass is 348 g/mol. The lowest BCUT2D eigenvalue weighted by Crippen LogP contribution is -2.33. The zero-order valence-corrected chi connectivity index (χ0v) is 14.5. The van der Waals surface area contributed by atoms with E-state index in [0.29, 0.717) is 25.2 Å². The highest BCUT2D eigenvalue weighted by Gasteiger charge is 2.28. The zero-order chi connectivity index (χ0) is 18.1. The molecule has 3 N–H and O–H groups in total. The van der Waals surface area contributed by atoms with E-state index >= 15 is 0 Å². The van der Waals surface area contributed by atoms with Gasteiger partial charge in [0.05, 0.1) is 12.2 Å². The van der Waals surface area contributed by atoms with Crippen LogP contribution in [0.1, 0.15) is 12.0 Å². The first-order chi connectivity index (χ1) is 12.7. The van der Waals surface area contributed by atoms with Crippen molar-refractivity contribution in [3.8, 4) is 22.5 Å². The molecule has 0 spiro atoms. The van der Waals surface area contributed by atoms with Crippen LogP contribution in [-0.2, 0) is 11.3 Å². The van der Waals surface area contributed by atoms with Crippen LogP contribution in [0.3, 0.4) is 0 Å². The summed E-state index contributed by atoms with van der Waals surface area (Å²) in [6.07, 6.45) is 0.417. The summed E-state index contributed by atoms with van der Waals surface area (Å²) in [5.74, 6) is 6.14. The van der Waals surface area contributed by atoms with Gasteiger partial charge in [-0.2, -0.15) is 4.79 Å². The second kappa shape index (κ2) is 6.61. The molecular formula is C19H20N6O. The van der Waals surface area contributed by atoms with E-state index in [2.05, 4.69) is 15.6 Å². The Hall–Kier alpha value is -3.19. The summed E-state index contributed by atoms with van der Waals surface area (Å²) in [5, 5.41) is 11.4. The van der Waals surface area contributed by atoms with Crippen molar-refractivity contribution < 1.29 is 4.79 Å². The third kappa shape index (κ3) is 2.62. The van der Waals surface area contributed by atoms with Crippen molar-refractivity contribution >= 4 is 11.6 Å². The molecule has 0 radical (unpaired) electrons. The number of hydrogen-bond donors (Lipinski definition) is 2. The molecule has 0 aliphatic carbocycles. The highest BCUT2D eigenvalue weighted by atomic mass is 16.2. The zero-order valence-electron chi connectivity index (χ0n) is 14.5. The lowest BCUT2D eigenvalue weighted by Gasteiger charge is -2.28. The lowest BCUT2D eigenvalue weighted by molar-refractivity contribution is -0.118. The van der Waals surface area contributed by atoms with E-state index in [9.17, 15) is 4.79 Å². The van der Waals surface area contributed by atoms with Crippen molar-refractivity contribution in [2.24, 2.45) is 0 Å².